The van der Waals surface area contributed by atoms with E-state index in [1.807, 2.05) is 6.07 Å². The largest absolute Gasteiger partial charge is 0.381 e. The van der Waals surface area contributed by atoms with Crippen molar-refractivity contribution in [2.45, 2.75) is 19.4 Å². The molecule has 0 bridgehead atoms. The van der Waals surface area contributed by atoms with Crippen LogP contribution in [0.15, 0.2) is 36.4 Å². The molecule has 74 valence electrons. The van der Waals surface area contributed by atoms with Gasteiger partial charge in [-0.2, -0.15) is 0 Å². The van der Waals surface area contributed by atoms with E-state index in [1.165, 1.54) is 16.9 Å². The van der Waals surface area contributed by atoms with Crippen LogP contribution in [0, 0.1) is 0 Å². The fourth-order valence-electron chi connectivity index (χ4n) is 1.81. The topological polar surface area (TPSA) is 24.1 Å². The summed E-state index contributed by atoms with van der Waals surface area (Å²) >= 11 is 0. The summed E-state index contributed by atoms with van der Waals surface area (Å²) in [6, 6.07) is 8.78. The Balaban J connectivity index is 2.09. The van der Waals surface area contributed by atoms with Gasteiger partial charge < -0.3 is 10.6 Å². The molecule has 1 aromatic rings. The van der Waals surface area contributed by atoms with E-state index >= 15 is 0 Å². The minimum atomic E-state index is 0.474. The Kier molecular flexibility index (Phi) is 2.44. The minimum Gasteiger partial charge on any atom is -0.381 e. The van der Waals surface area contributed by atoms with Crippen molar-refractivity contribution in [3.05, 3.63) is 36.4 Å². The van der Waals surface area contributed by atoms with Crippen LogP contribution < -0.4 is 10.6 Å². The van der Waals surface area contributed by atoms with Gasteiger partial charge in [0.2, 0.25) is 0 Å². The van der Waals surface area contributed by atoms with Crippen LogP contribution >= 0.6 is 0 Å². The Labute approximate surface area is 85.0 Å². The molecule has 0 fully saturated rings. The molecule has 14 heavy (non-hydrogen) atoms. The van der Waals surface area contributed by atoms with Gasteiger partial charge in [0, 0.05) is 12.6 Å². The molecule has 0 radical (unpaired) electrons. The van der Waals surface area contributed by atoms with Crippen LogP contribution in [0.25, 0.3) is 0 Å². The second kappa shape index (κ2) is 3.74. The van der Waals surface area contributed by atoms with Gasteiger partial charge in [0.15, 0.2) is 0 Å². The van der Waals surface area contributed by atoms with Gasteiger partial charge in [-0.15, -0.1) is 6.58 Å². The minimum absolute atomic E-state index is 0.474. The van der Waals surface area contributed by atoms with E-state index in [-0.39, 0.29) is 0 Å². The summed E-state index contributed by atoms with van der Waals surface area (Å²) in [5.41, 5.74) is 3.62. The number of benzene rings is 1. The lowest BCUT2D eigenvalue weighted by atomic mass is 10.1. The van der Waals surface area contributed by atoms with Crippen LogP contribution in [0.3, 0.4) is 0 Å². The van der Waals surface area contributed by atoms with Crippen molar-refractivity contribution in [2.75, 3.05) is 17.2 Å². The molecule has 2 N–H and O–H groups in total. The van der Waals surface area contributed by atoms with Crippen molar-refractivity contribution < 1.29 is 0 Å². The van der Waals surface area contributed by atoms with Crippen molar-refractivity contribution in [1.29, 1.82) is 0 Å². The highest BCUT2D eigenvalue weighted by molar-refractivity contribution is 5.71. The zero-order valence-electron chi connectivity index (χ0n) is 8.51. The van der Waals surface area contributed by atoms with Crippen molar-refractivity contribution in [2.24, 2.45) is 0 Å². The van der Waals surface area contributed by atoms with Crippen LogP contribution in [0.2, 0.25) is 0 Å². The molecule has 0 aromatic heterocycles. The maximum Gasteiger partial charge on any atom is 0.0578 e. The number of fused-ring (bicyclic) bond motifs is 1. The van der Waals surface area contributed by atoms with Crippen molar-refractivity contribution in [3.8, 4) is 0 Å². The summed E-state index contributed by atoms with van der Waals surface area (Å²) < 4.78 is 0. The summed E-state index contributed by atoms with van der Waals surface area (Å²) in [6.07, 6.45) is 1.03. The third-order valence-corrected chi connectivity index (χ3v) is 2.42. The molecular formula is C12H16N2. The van der Waals surface area contributed by atoms with Crippen molar-refractivity contribution >= 4 is 11.4 Å². The lowest BCUT2D eigenvalue weighted by Gasteiger charge is -2.28. The van der Waals surface area contributed by atoms with Gasteiger partial charge in [-0.05, 0) is 25.5 Å². The second-order valence-corrected chi connectivity index (χ2v) is 3.93. The molecule has 0 spiro atoms. The van der Waals surface area contributed by atoms with Gasteiger partial charge in [0.25, 0.3) is 0 Å². The number of nitrogens with one attached hydrogen (secondary N) is 2. The monoisotopic (exact) mass is 188 g/mol. The fourth-order valence-corrected chi connectivity index (χ4v) is 1.81. The molecule has 1 aliphatic rings. The standard InChI is InChI=1S/C12H16N2/c1-9(2)7-10-8-13-11-5-3-4-6-12(11)14-10/h3-6,10,13-14H,1,7-8H2,2H3. The van der Waals surface area contributed by atoms with Crippen LogP contribution in [-0.2, 0) is 0 Å². The molecule has 2 nitrogen and oxygen atoms in total. The molecule has 2 heteroatoms. The van der Waals surface area contributed by atoms with E-state index in [0.717, 1.165) is 13.0 Å². The Bertz CT molecular complexity index is 344. The molecule has 0 saturated heterocycles. The van der Waals surface area contributed by atoms with E-state index in [2.05, 4.69) is 42.3 Å². The zero-order valence-corrected chi connectivity index (χ0v) is 8.51. The third kappa shape index (κ3) is 1.90. The van der Waals surface area contributed by atoms with E-state index in [0.29, 0.717) is 6.04 Å². The number of hydrogen-bond donors (Lipinski definition) is 2. The second-order valence-electron chi connectivity index (χ2n) is 3.93. The Morgan fingerprint density at radius 1 is 1.43 bits per heavy atom. The highest BCUT2D eigenvalue weighted by Crippen LogP contribution is 2.26. The fraction of sp³-hybridized carbons (Fsp3) is 0.333. The molecule has 0 saturated carbocycles. The first-order valence-corrected chi connectivity index (χ1v) is 4.99. The first-order valence-electron chi connectivity index (χ1n) is 4.99. The van der Waals surface area contributed by atoms with E-state index in [1.54, 1.807) is 0 Å². The van der Waals surface area contributed by atoms with Gasteiger partial charge in [0.05, 0.1) is 11.4 Å². The van der Waals surface area contributed by atoms with Gasteiger partial charge in [0.1, 0.15) is 0 Å². The molecule has 1 unspecified atom stereocenters. The van der Waals surface area contributed by atoms with Crippen molar-refractivity contribution in [1.82, 2.24) is 0 Å². The van der Waals surface area contributed by atoms with E-state index in [4.69, 9.17) is 0 Å². The molecular weight excluding hydrogens is 172 g/mol. The number of para-hydroxylation sites is 2. The van der Waals surface area contributed by atoms with Crippen LogP contribution in [0.1, 0.15) is 13.3 Å². The Hall–Kier alpha value is -1.44. The molecule has 1 atom stereocenters. The smallest absolute Gasteiger partial charge is 0.0578 e. The molecule has 2 rings (SSSR count). The summed E-state index contributed by atoms with van der Waals surface area (Å²) in [5.74, 6) is 0. The summed E-state index contributed by atoms with van der Waals surface area (Å²) in [7, 11) is 0. The predicted octanol–water partition coefficient (Wildman–Crippen LogP) is 2.86. The Morgan fingerprint density at radius 3 is 2.86 bits per heavy atom. The average Bonchev–Trinajstić information content (AvgIpc) is 2.17. The summed E-state index contributed by atoms with van der Waals surface area (Å²) in [6.45, 7) is 6.99. The molecule has 0 amide bonds. The van der Waals surface area contributed by atoms with Crippen molar-refractivity contribution in [3.63, 3.8) is 0 Å². The average molecular weight is 188 g/mol. The van der Waals surface area contributed by atoms with Gasteiger partial charge in [-0.25, -0.2) is 0 Å². The lowest BCUT2D eigenvalue weighted by molar-refractivity contribution is 0.730. The molecule has 0 aliphatic carbocycles. The first kappa shape index (κ1) is 9.13. The van der Waals surface area contributed by atoms with E-state index < -0.39 is 0 Å². The van der Waals surface area contributed by atoms with Crippen LogP contribution in [0.5, 0.6) is 0 Å². The quantitative estimate of drug-likeness (QED) is 0.697. The highest BCUT2D eigenvalue weighted by atomic mass is 15.1. The summed E-state index contributed by atoms with van der Waals surface area (Å²) in [4.78, 5) is 0. The maximum atomic E-state index is 3.94. The van der Waals surface area contributed by atoms with Crippen LogP contribution in [0.4, 0.5) is 11.4 Å². The third-order valence-electron chi connectivity index (χ3n) is 2.42. The van der Waals surface area contributed by atoms with Gasteiger partial charge >= 0.3 is 0 Å². The molecule has 1 aliphatic heterocycles. The predicted molar refractivity (Wildman–Crippen MR) is 61.8 cm³/mol. The van der Waals surface area contributed by atoms with E-state index in [9.17, 15) is 0 Å². The lowest BCUT2D eigenvalue weighted by Crippen LogP contribution is -2.32. The van der Waals surface area contributed by atoms with Gasteiger partial charge in [-0.3, -0.25) is 0 Å². The normalized spacial score (nSPS) is 19.1. The number of anilines is 2. The number of hydrogen-bond acceptors (Lipinski definition) is 2. The zero-order chi connectivity index (χ0) is 9.97. The Morgan fingerprint density at radius 2 is 2.14 bits per heavy atom. The first-order chi connectivity index (χ1) is 6.75. The SMILES string of the molecule is C=C(C)CC1CNc2ccccc2N1. The highest BCUT2D eigenvalue weighted by Gasteiger charge is 2.15. The van der Waals surface area contributed by atoms with Crippen LogP contribution in [-0.4, -0.2) is 12.6 Å². The molecule has 1 aromatic carbocycles. The maximum absolute atomic E-state index is 3.94. The van der Waals surface area contributed by atoms with Gasteiger partial charge in [-0.1, -0.05) is 17.7 Å². The summed E-state index contributed by atoms with van der Waals surface area (Å²) in [5, 5.41) is 6.92. The number of rotatable bonds is 2. The molecule has 1 heterocycles.